The first-order chi connectivity index (χ1) is 9.74. The van der Waals surface area contributed by atoms with Crippen LogP contribution in [0.5, 0.6) is 0 Å². The van der Waals surface area contributed by atoms with Crippen LogP contribution in [0.4, 0.5) is 0 Å². The Balaban J connectivity index is 3.84. The Morgan fingerprint density at radius 2 is 1.55 bits per heavy atom. The molecule has 0 heterocycles. The van der Waals surface area contributed by atoms with Crippen molar-refractivity contribution in [2.45, 2.75) is 97.0 Å². The van der Waals surface area contributed by atoms with E-state index in [9.17, 15) is 4.79 Å². The third-order valence-corrected chi connectivity index (χ3v) is 4.13. The van der Waals surface area contributed by atoms with Gasteiger partial charge >= 0.3 is 5.97 Å². The minimum atomic E-state index is 0.0103. The van der Waals surface area contributed by atoms with E-state index in [-0.39, 0.29) is 12.1 Å². The molecular formula is C17H33BrO2. The summed E-state index contributed by atoms with van der Waals surface area (Å²) in [6.45, 7) is 4.41. The summed E-state index contributed by atoms with van der Waals surface area (Å²) in [5, 5.41) is 1.03. The molecule has 0 aliphatic heterocycles. The lowest BCUT2D eigenvalue weighted by molar-refractivity contribution is -0.150. The molecule has 0 aromatic rings. The van der Waals surface area contributed by atoms with Crippen LogP contribution >= 0.6 is 15.9 Å². The standard InChI is InChI=1S/C17H33BrO2/c1-3-5-7-9-13-16(12-6-4-2)20-17(19)14-10-8-11-15-18/h16H,3-15H2,1-2H3. The lowest BCUT2D eigenvalue weighted by Gasteiger charge is -2.17. The minimum Gasteiger partial charge on any atom is -0.462 e. The number of rotatable bonds is 14. The molecule has 0 N–H and O–H groups in total. The molecule has 0 saturated heterocycles. The predicted molar refractivity (Wildman–Crippen MR) is 90.4 cm³/mol. The molecule has 0 aromatic carbocycles. The third-order valence-electron chi connectivity index (χ3n) is 3.57. The number of halogens is 1. The van der Waals surface area contributed by atoms with Gasteiger partial charge in [0.15, 0.2) is 0 Å². The summed E-state index contributed by atoms with van der Waals surface area (Å²) in [6, 6.07) is 0. The van der Waals surface area contributed by atoms with Crippen LogP contribution in [0.25, 0.3) is 0 Å². The maximum Gasteiger partial charge on any atom is 0.306 e. The highest BCUT2D eigenvalue weighted by molar-refractivity contribution is 9.09. The molecule has 1 unspecified atom stereocenters. The van der Waals surface area contributed by atoms with Gasteiger partial charge in [-0.1, -0.05) is 68.3 Å². The van der Waals surface area contributed by atoms with Crippen molar-refractivity contribution in [2.75, 3.05) is 5.33 Å². The smallest absolute Gasteiger partial charge is 0.306 e. The SMILES string of the molecule is CCCCCCC(CCCC)OC(=O)CCCCCBr. The molecule has 0 aliphatic rings. The van der Waals surface area contributed by atoms with Crippen LogP contribution in [0, 0.1) is 0 Å². The number of hydrogen-bond acceptors (Lipinski definition) is 2. The van der Waals surface area contributed by atoms with E-state index in [0.29, 0.717) is 6.42 Å². The van der Waals surface area contributed by atoms with Crippen molar-refractivity contribution < 1.29 is 9.53 Å². The van der Waals surface area contributed by atoms with Crippen molar-refractivity contribution in [2.24, 2.45) is 0 Å². The molecule has 0 bridgehead atoms. The van der Waals surface area contributed by atoms with Crippen LogP contribution in [-0.4, -0.2) is 17.4 Å². The van der Waals surface area contributed by atoms with Gasteiger partial charge in [0.05, 0.1) is 0 Å². The number of esters is 1. The van der Waals surface area contributed by atoms with E-state index in [1.165, 1.54) is 32.1 Å². The van der Waals surface area contributed by atoms with Gasteiger partial charge in [-0.2, -0.15) is 0 Å². The quantitative estimate of drug-likeness (QED) is 0.218. The Hall–Kier alpha value is -0.0500. The lowest BCUT2D eigenvalue weighted by atomic mass is 10.0. The van der Waals surface area contributed by atoms with E-state index in [0.717, 1.165) is 43.9 Å². The van der Waals surface area contributed by atoms with E-state index < -0.39 is 0 Å². The zero-order valence-corrected chi connectivity index (χ0v) is 15.1. The summed E-state index contributed by atoms with van der Waals surface area (Å²) in [5.41, 5.74) is 0. The van der Waals surface area contributed by atoms with Gasteiger partial charge in [-0.3, -0.25) is 4.79 Å². The summed E-state index contributed by atoms with van der Waals surface area (Å²) in [7, 11) is 0. The second kappa shape index (κ2) is 15.3. The van der Waals surface area contributed by atoms with Crippen LogP contribution in [0.15, 0.2) is 0 Å². The van der Waals surface area contributed by atoms with E-state index >= 15 is 0 Å². The van der Waals surface area contributed by atoms with Gasteiger partial charge in [-0.05, 0) is 32.1 Å². The van der Waals surface area contributed by atoms with Crippen molar-refractivity contribution in [1.29, 1.82) is 0 Å². The van der Waals surface area contributed by atoms with Crippen molar-refractivity contribution in [3.8, 4) is 0 Å². The molecule has 0 aromatic heterocycles. The Labute approximate surface area is 134 Å². The molecular weight excluding hydrogens is 316 g/mol. The number of carbonyl (C=O) groups excluding carboxylic acids is 1. The molecule has 120 valence electrons. The molecule has 0 radical (unpaired) electrons. The van der Waals surface area contributed by atoms with E-state index in [2.05, 4.69) is 29.8 Å². The monoisotopic (exact) mass is 348 g/mol. The minimum absolute atomic E-state index is 0.0103. The van der Waals surface area contributed by atoms with E-state index in [4.69, 9.17) is 4.74 Å². The fraction of sp³-hybridized carbons (Fsp3) is 0.941. The first kappa shape index (κ1) is 19.9. The fourth-order valence-corrected chi connectivity index (χ4v) is 2.67. The Morgan fingerprint density at radius 1 is 0.900 bits per heavy atom. The van der Waals surface area contributed by atoms with E-state index in [1.54, 1.807) is 0 Å². The summed E-state index contributed by atoms with van der Waals surface area (Å²) in [4.78, 5) is 11.8. The molecule has 0 aliphatic carbocycles. The summed E-state index contributed by atoms with van der Waals surface area (Å²) >= 11 is 3.41. The molecule has 0 rings (SSSR count). The highest BCUT2D eigenvalue weighted by Crippen LogP contribution is 2.15. The average molecular weight is 349 g/mol. The number of hydrogen-bond donors (Lipinski definition) is 0. The first-order valence-corrected chi connectivity index (χ1v) is 9.62. The summed E-state index contributed by atoms with van der Waals surface area (Å²) < 4.78 is 5.66. The Kier molecular flexibility index (Phi) is 15.3. The largest absolute Gasteiger partial charge is 0.462 e. The first-order valence-electron chi connectivity index (χ1n) is 8.50. The van der Waals surface area contributed by atoms with Crippen LogP contribution in [-0.2, 0) is 9.53 Å². The zero-order chi connectivity index (χ0) is 15.1. The van der Waals surface area contributed by atoms with Crippen LogP contribution < -0.4 is 0 Å². The highest BCUT2D eigenvalue weighted by atomic mass is 79.9. The van der Waals surface area contributed by atoms with Gasteiger partial charge in [0.1, 0.15) is 6.10 Å². The third kappa shape index (κ3) is 13.0. The second-order valence-electron chi connectivity index (χ2n) is 5.60. The van der Waals surface area contributed by atoms with Gasteiger partial charge in [0.2, 0.25) is 0 Å². The van der Waals surface area contributed by atoms with Crippen molar-refractivity contribution in [3.05, 3.63) is 0 Å². The molecule has 0 spiro atoms. The Morgan fingerprint density at radius 3 is 2.20 bits per heavy atom. The average Bonchev–Trinajstić information content (AvgIpc) is 2.45. The number of unbranched alkanes of at least 4 members (excludes halogenated alkanes) is 6. The summed E-state index contributed by atoms with van der Waals surface area (Å²) in [5.74, 6) is 0.0103. The number of alkyl halides is 1. The molecule has 3 heteroatoms. The fourth-order valence-electron chi connectivity index (χ4n) is 2.28. The Bertz CT molecular complexity index is 219. The highest BCUT2D eigenvalue weighted by Gasteiger charge is 2.13. The molecule has 0 fully saturated rings. The van der Waals surface area contributed by atoms with Crippen LogP contribution in [0.1, 0.15) is 90.9 Å². The molecule has 0 saturated carbocycles. The molecule has 20 heavy (non-hydrogen) atoms. The molecule has 1 atom stereocenters. The van der Waals surface area contributed by atoms with Gasteiger partial charge in [-0.15, -0.1) is 0 Å². The number of ether oxygens (including phenoxy) is 1. The van der Waals surface area contributed by atoms with Crippen LogP contribution in [0.3, 0.4) is 0 Å². The van der Waals surface area contributed by atoms with Crippen LogP contribution in [0.2, 0.25) is 0 Å². The normalized spacial score (nSPS) is 12.3. The van der Waals surface area contributed by atoms with E-state index in [1.807, 2.05) is 0 Å². The van der Waals surface area contributed by atoms with Gasteiger partial charge in [0, 0.05) is 11.8 Å². The summed E-state index contributed by atoms with van der Waals surface area (Å²) in [6.07, 6.45) is 13.4. The maximum atomic E-state index is 11.8. The topological polar surface area (TPSA) is 26.3 Å². The second-order valence-corrected chi connectivity index (χ2v) is 6.40. The molecule has 2 nitrogen and oxygen atoms in total. The van der Waals surface area contributed by atoms with Crippen molar-refractivity contribution >= 4 is 21.9 Å². The predicted octanol–water partition coefficient (Wildman–Crippen LogP) is 6.01. The van der Waals surface area contributed by atoms with Crippen molar-refractivity contribution in [3.63, 3.8) is 0 Å². The maximum absolute atomic E-state index is 11.8. The molecule has 0 amide bonds. The zero-order valence-electron chi connectivity index (χ0n) is 13.5. The lowest BCUT2D eigenvalue weighted by Crippen LogP contribution is -2.18. The van der Waals surface area contributed by atoms with Gasteiger partial charge in [0.25, 0.3) is 0 Å². The van der Waals surface area contributed by atoms with Gasteiger partial charge in [-0.25, -0.2) is 0 Å². The van der Waals surface area contributed by atoms with Gasteiger partial charge < -0.3 is 4.74 Å². The number of carbonyl (C=O) groups is 1. The van der Waals surface area contributed by atoms with Crippen molar-refractivity contribution in [1.82, 2.24) is 0 Å².